The highest BCUT2D eigenvalue weighted by Crippen LogP contribution is 2.27. The standard InChI is InChI=1S/C18H22ClFN4O3S/c1-4-21-16-8-6-13(28(26,27)24(2)3)10-17(16)22-11-18(25)23-15-7-5-12(20)9-14(15)19/h5-10,21-22H,4,11H2,1-3H3,(H,23,25). The number of nitrogens with zero attached hydrogens (tertiary/aromatic N) is 1. The molecule has 0 aromatic heterocycles. The van der Waals surface area contributed by atoms with Gasteiger partial charge in [0, 0.05) is 20.6 Å². The van der Waals surface area contributed by atoms with Crippen LogP contribution in [0.1, 0.15) is 6.92 Å². The molecule has 0 fully saturated rings. The largest absolute Gasteiger partial charge is 0.384 e. The van der Waals surface area contributed by atoms with Crippen LogP contribution >= 0.6 is 11.6 Å². The summed E-state index contributed by atoms with van der Waals surface area (Å²) in [5, 5.41) is 8.69. The predicted octanol–water partition coefficient (Wildman–Crippen LogP) is 3.21. The number of benzene rings is 2. The van der Waals surface area contributed by atoms with Crippen LogP contribution < -0.4 is 16.0 Å². The summed E-state index contributed by atoms with van der Waals surface area (Å²) >= 11 is 5.90. The summed E-state index contributed by atoms with van der Waals surface area (Å²) in [5.41, 5.74) is 1.41. The molecule has 0 atom stereocenters. The number of nitrogens with one attached hydrogen (secondary N) is 3. The second-order valence-electron chi connectivity index (χ2n) is 6.05. The Bertz CT molecular complexity index is 967. The summed E-state index contributed by atoms with van der Waals surface area (Å²) in [7, 11) is -0.726. The summed E-state index contributed by atoms with van der Waals surface area (Å²) in [6.07, 6.45) is 0. The van der Waals surface area contributed by atoms with E-state index in [9.17, 15) is 17.6 Å². The van der Waals surface area contributed by atoms with Crippen molar-refractivity contribution in [3.63, 3.8) is 0 Å². The molecule has 0 aliphatic rings. The Labute approximate surface area is 168 Å². The third-order valence-corrected chi connectivity index (χ3v) is 5.91. The topological polar surface area (TPSA) is 90.5 Å². The van der Waals surface area contributed by atoms with E-state index in [0.29, 0.717) is 17.9 Å². The van der Waals surface area contributed by atoms with Crippen LogP contribution in [0.5, 0.6) is 0 Å². The number of carbonyl (C=O) groups excluding carboxylic acids is 1. The fourth-order valence-electron chi connectivity index (χ4n) is 2.35. The molecule has 3 N–H and O–H groups in total. The summed E-state index contributed by atoms with van der Waals surface area (Å²) < 4.78 is 38.9. The van der Waals surface area contributed by atoms with Gasteiger partial charge in [-0.05, 0) is 43.3 Å². The highest BCUT2D eigenvalue weighted by Gasteiger charge is 2.19. The third-order valence-electron chi connectivity index (χ3n) is 3.78. The molecule has 152 valence electrons. The van der Waals surface area contributed by atoms with Gasteiger partial charge in [-0.1, -0.05) is 11.6 Å². The maximum Gasteiger partial charge on any atom is 0.243 e. The van der Waals surface area contributed by atoms with Gasteiger partial charge < -0.3 is 16.0 Å². The van der Waals surface area contributed by atoms with Crippen LogP contribution in [0.15, 0.2) is 41.3 Å². The Kier molecular flexibility index (Phi) is 7.22. The van der Waals surface area contributed by atoms with E-state index < -0.39 is 21.7 Å². The maximum atomic E-state index is 13.1. The van der Waals surface area contributed by atoms with Crippen molar-refractivity contribution in [2.24, 2.45) is 0 Å². The summed E-state index contributed by atoms with van der Waals surface area (Å²) in [4.78, 5) is 12.3. The van der Waals surface area contributed by atoms with E-state index in [2.05, 4.69) is 16.0 Å². The number of rotatable bonds is 8. The van der Waals surface area contributed by atoms with Crippen LogP contribution in [-0.4, -0.2) is 45.8 Å². The molecule has 0 saturated carbocycles. The Morgan fingerprint density at radius 1 is 1.07 bits per heavy atom. The molecule has 2 aromatic carbocycles. The van der Waals surface area contributed by atoms with Crippen molar-refractivity contribution in [1.29, 1.82) is 0 Å². The lowest BCUT2D eigenvalue weighted by Gasteiger charge is -2.17. The Balaban J connectivity index is 2.18. The first-order chi connectivity index (χ1) is 13.1. The number of carbonyl (C=O) groups is 1. The van der Waals surface area contributed by atoms with Gasteiger partial charge in [-0.15, -0.1) is 0 Å². The maximum absolute atomic E-state index is 13.1. The number of halogens is 2. The number of amides is 1. The minimum absolute atomic E-state index is 0.0840. The molecule has 2 aromatic rings. The van der Waals surface area contributed by atoms with Gasteiger partial charge in [-0.2, -0.15) is 0 Å². The minimum atomic E-state index is -3.62. The second-order valence-corrected chi connectivity index (χ2v) is 8.61. The van der Waals surface area contributed by atoms with Gasteiger partial charge in [0.1, 0.15) is 5.82 Å². The zero-order valence-electron chi connectivity index (χ0n) is 15.7. The van der Waals surface area contributed by atoms with Gasteiger partial charge in [0.05, 0.1) is 33.5 Å². The van der Waals surface area contributed by atoms with E-state index in [1.54, 1.807) is 6.07 Å². The van der Waals surface area contributed by atoms with Gasteiger partial charge >= 0.3 is 0 Å². The first-order valence-corrected chi connectivity index (χ1v) is 10.3. The van der Waals surface area contributed by atoms with Crippen molar-refractivity contribution in [1.82, 2.24) is 4.31 Å². The Morgan fingerprint density at radius 2 is 1.75 bits per heavy atom. The average Bonchev–Trinajstić information content (AvgIpc) is 2.63. The van der Waals surface area contributed by atoms with Crippen LogP contribution in [0.25, 0.3) is 0 Å². The van der Waals surface area contributed by atoms with Crippen LogP contribution in [0.4, 0.5) is 21.5 Å². The molecule has 0 bridgehead atoms. The van der Waals surface area contributed by atoms with Crippen molar-refractivity contribution in [3.05, 3.63) is 47.2 Å². The molecular formula is C18H22ClFN4O3S. The van der Waals surface area contributed by atoms with E-state index in [4.69, 9.17) is 11.6 Å². The normalized spacial score (nSPS) is 11.4. The lowest BCUT2D eigenvalue weighted by atomic mass is 10.2. The lowest BCUT2D eigenvalue weighted by Crippen LogP contribution is -2.24. The van der Waals surface area contributed by atoms with Crippen LogP contribution in [-0.2, 0) is 14.8 Å². The van der Waals surface area contributed by atoms with Crippen molar-refractivity contribution in [2.75, 3.05) is 43.1 Å². The van der Waals surface area contributed by atoms with E-state index in [0.717, 1.165) is 10.4 Å². The van der Waals surface area contributed by atoms with E-state index in [-0.39, 0.29) is 22.2 Å². The predicted molar refractivity (Wildman–Crippen MR) is 110 cm³/mol. The molecule has 7 nitrogen and oxygen atoms in total. The third kappa shape index (κ3) is 5.34. The monoisotopic (exact) mass is 428 g/mol. The molecule has 2 rings (SSSR count). The smallest absolute Gasteiger partial charge is 0.243 e. The summed E-state index contributed by atoms with van der Waals surface area (Å²) in [6, 6.07) is 8.25. The molecule has 0 unspecified atom stereocenters. The molecule has 0 saturated heterocycles. The Hall–Kier alpha value is -2.36. The van der Waals surface area contributed by atoms with Gasteiger partial charge in [-0.3, -0.25) is 4.79 Å². The quantitative estimate of drug-likeness (QED) is 0.600. The van der Waals surface area contributed by atoms with Crippen molar-refractivity contribution in [2.45, 2.75) is 11.8 Å². The van der Waals surface area contributed by atoms with E-state index in [1.165, 1.54) is 38.4 Å². The average molecular weight is 429 g/mol. The van der Waals surface area contributed by atoms with Gasteiger partial charge in [0.25, 0.3) is 0 Å². The highest BCUT2D eigenvalue weighted by atomic mass is 35.5. The number of sulfonamides is 1. The summed E-state index contributed by atoms with van der Waals surface area (Å²) in [6.45, 7) is 2.38. The number of anilines is 3. The molecular weight excluding hydrogens is 407 g/mol. The first kappa shape index (κ1) is 21.9. The molecule has 0 aliphatic carbocycles. The molecule has 0 radical (unpaired) electrons. The fourth-order valence-corrected chi connectivity index (χ4v) is 3.49. The van der Waals surface area contributed by atoms with Gasteiger partial charge in [-0.25, -0.2) is 17.1 Å². The van der Waals surface area contributed by atoms with Crippen LogP contribution in [0.3, 0.4) is 0 Å². The van der Waals surface area contributed by atoms with Gasteiger partial charge in [0.15, 0.2) is 0 Å². The fraction of sp³-hybridized carbons (Fsp3) is 0.278. The van der Waals surface area contributed by atoms with Crippen molar-refractivity contribution >= 4 is 44.6 Å². The molecule has 10 heteroatoms. The number of hydrogen-bond donors (Lipinski definition) is 3. The Morgan fingerprint density at radius 3 is 2.36 bits per heavy atom. The highest BCUT2D eigenvalue weighted by molar-refractivity contribution is 7.89. The molecule has 1 amide bonds. The lowest BCUT2D eigenvalue weighted by molar-refractivity contribution is -0.114. The summed E-state index contributed by atoms with van der Waals surface area (Å²) in [5.74, 6) is -0.924. The first-order valence-electron chi connectivity index (χ1n) is 8.44. The van der Waals surface area contributed by atoms with Crippen LogP contribution in [0.2, 0.25) is 5.02 Å². The zero-order chi connectivity index (χ0) is 20.9. The SMILES string of the molecule is CCNc1ccc(S(=O)(=O)N(C)C)cc1NCC(=O)Nc1ccc(F)cc1Cl. The van der Waals surface area contributed by atoms with Crippen molar-refractivity contribution < 1.29 is 17.6 Å². The molecule has 0 heterocycles. The molecule has 0 spiro atoms. The molecule has 28 heavy (non-hydrogen) atoms. The number of hydrogen-bond acceptors (Lipinski definition) is 5. The zero-order valence-corrected chi connectivity index (χ0v) is 17.3. The van der Waals surface area contributed by atoms with Gasteiger partial charge in [0.2, 0.25) is 15.9 Å². The van der Waals surface area contributed by atoms with Crippen molar-refractivity contribution in [3.8, 4) is 0 Å². The minimum Gasteiger partial charge on any atom is -0.384 e. The molecule has 0 aliphatic heterocycles. The van der Waals surface area contributed by atoms with E-state index in [1.807, 2.05) is 6.92 Å². The van der Waals surface area contributed by atoms with E-state index >= 15 is 0 Å². The second kappa shape index (κ2) is 9.22. The van der Waals surface area contributed by atoms with Crippen LogP contribution in [0, 0.1) is 5.82 Å².